The monoisotopic (exact) mass is 444 g/mol. The number of nitrogens with zero attached hydrogens (tertiary/aromatic N) is 1. The van der Waals surface area contributed by atoms with Crippen molar-refractivity contribution in [2.24, 2.45) is 5.92 Å². The van der Waals surface area contributed by atoms with Crippen LogP contribution in [-0.2, 0) is 27.6 Å². The Hall–Kier alpha value is -2.12. The molecular weight excluding hydrogens is 412 g/mol. The molecule has 2 unspecified atom stereocenters. The Morgan fingerprint density at radius 2 is 1.90 bits per heavy atom. The van der Waals surface area contributed by atoms with Crippen LogP contribution in [0.4, 0.5) is 5.69 Å². The van der Waals surface area contributed by atoms with Gasteiger partial charge in [0.05, 0.1) is 18.1 Å². The van der Waals surface area contributed by atoms with Crippen molar-refractivity contribution in [1.82, 2.24) is 4.98 Å². The number of benzene rings is 1. The maximum absolute atomic E-state index is 13.1. The van der Waals surface area contributed by atoms with Crippen LogP contribution in [0, 0.1) is 5.92 Å². The van der Waals surface area contributed by atoms with E-state index in [1.54, 1.807) is 12.1 Å². The predicted molar refractivity (Wildman–Crippen MR) is 121 cm³/mol. The van der Waals surface area contributed by atoms with Gasteiger partial charge in [-0.1, -0.05) is 25.5 Å². The van der Waals surface area contributed by atoms with E-state index in [4.69, 9.17) is 9.47 Å². The Kier molecular flexibility index (Phi) is 6.82. The average Bonchev–Trinajstić information content (AvgIpc) is 3.00. The molecule has 2 heterocycles. The number of rotatable bonds is 6. The number of hydrogen-bond donors (Lipinski definition) is 1. The molecule has 2 aromatic rings. The van der Waals surface area contributed by atoms with Crippen molar-refractivity contribution in [3.05, 3.63) is 47.2 Å². The van der Waals surface area contributed by atoms with E-state index < -0.39 is 10.0 Å². The predicted octanol–water partition coefficient (Wildman–Crippen LogP) is 5.04. The highest BCUT2D eigenvalue weighted by Crippen LogP contribution is 2.33. The molecule has 0 amide bonds. The van der Waals surface area contributed by atoms with E-state index in [0.29, 0.717) is 17.5 Å². The number of methoxy groups -OCH3 is 1. The molecule has 4 rings (SSSR count). The second-order valence-corrected chi connectivity index (χ2v) is 10.2. The van der Waals surface area contributed by atoms with E-state index in [0.717, 1.165) is 74.8 Å². The molecule has 6 nitrogen and oxygen atoms in total. The van der Waals surface area contributed by atoms with Gasteiger partial charge in [0.1, 0.15) is 5.69 Å². The number of ether oxygens (including phenoxy) is 2. The number of nitrogens with one attached hydrogen (secondary N) is 1. The lowest BCUT2D eigenvalue weighted by molar-refractivity contribution is 0.0149. The van der Waals surface area contributed by atoms with Gasteiger partial charge >= 0.3 is 0 Å². The molecule has 2 aliphatic rings. The van der Waals surface area contributed by atoms with Gasteiger partial charge in [0.25, 0.3) is 10.0 Å². The third kappa shape index (κ3) is 5.04. The van der Waals surface area contributed by atoms with E-state index in [2.05, 4.69) is 16.6 Å². The van der Waals surface area contributed by atoms with Crippen LogP contribution in [0.25, 0.3) is 0 Å². The van der Waals surface area contributed by atoms with Crippen molar-refractivity contribution in [3.63, 3.8) is 0 Å². The minimum absolute atomic E-state index is 0.0549. The summed E-state index contributed by atoms with van der Waals surface area (Å²) in [5.41, 5.74) is 3.55. The summed E-state index contributed by atoms with van der Waals surface area (Å²) in [6.45, 7) is 2.98. The molecule has 1 saturated heterocycles. The summed E-state index contributed by atoms with van der Waals surface area (Å²) in [7, 11) is -2.23. The topological polar surface area (TPSA) is 77.5 Å². The third-order valence-electron chi connectivity index (χ3n) is 6.52. The molecule has 1 aromatic heterocycles. The maximum atomic E-state index is 13.1. The van der Waals surface area contributed by atoms with Crippen molar-refractivity contribution in [3.8, 4) is 5.88 Å². The minimum Gasteiger partial charge on any atom is -0.479 e. The summed E-state index contributed by atoms with van der Waals surface area (Å²) in [4.78, 5) is 4.87. The van der Waals surface area contributed by atoms with Gasteiger partial charge < -0.3 is 9.47 Å². The zero-order valence-corrected chi connectivity index (χ0v) is 19.2. The number of pyridine rings is 1. The van der Waals surface area contributed by atoms with Crippen LogP contribution in [0.3, 0.4) is 0 Å². The molecule has 0 spiro atoms. The van der Waals surface area contributed by atoms with Crippen molar-refractivity contribution < 1.29 is 17.9 Å². The van der Waals surface area contributed by atoms with Gasteiger partial charge in [0.15, 0.2) is 0 Å². The van der Waals surface area contributed by atoms with Gasteiger partial charge in [-0.05, 0) is 80.2 Å². The van der Waals surface area contributed by atoms with Gasteiger partial charge in [0.2, 0.25) is 5.88 Å². The number of aryl methyl sites for hydroxylation is 2. The minimum atomic E-state index is -3.76. The molecule has 0 saturated carbocycles. The Bertz CT molecular complexity index is 999. The van der Waals surface area contributed by atoms with Crippen LogP contribution < -0.4 is 9.46 Å². The Morgan fingerprint density at radius 3 is 2.58 bits per heavy atom. The molecule has 168 valence electrons. The van der Waals surface area contributed by atoms with Crippen LogP contribution in [0.5, 0.6) is 5.88 Å². The van der Waals surface area contributed by atoms with E-state index in [9.17, 15) is 8.42 Å². The van der Waals surface area contributed by atoms with Gasteiger partial charge in [0, 0.05) is 12.3 Å². The first-order chi connectivity index (χ1) is 15.0. The van der Waals surface area contributed by atoms with Gasteiger partial charge in [-0.15, -0.1) is 0 Å². The van der Waals surface area contributed by atoms with Crippen LogP contribution in [0.15, 0.2) is 35.2 Å². The maximum Gasteiger partial charge on any atom is 0.262 e. The first-order valence-electron chi connectivity index (χ1n) is 11.3. The van der Waals surface area contributed by atoms with Crippen LogP contribution in [0.1, 0.15) is 68.4 Å². The summed E-state index contributed by atoms with van der Waals surface area (Å²) in [6.07, 6.45) is 8.44. The second kappa shape index (κ2) is 9.57. The van der Waals surface area contributed by atoms with Gasteiger partial charge in [-0.3, -0.25) is 4.72 Å². The standard InChI is InChI=1S/C24H32N2O4S/c1-3-17-7-9-19-16-22(24(29-2)25-21(19)14-8-17)26-31(27,28)20-12-10-18(11-13-20)23-6-4-5-15-30-23/h10-13,16-17,23,26H,3-9,14-15H2,1-2H3. The van der Waals surface area contributed by atoms with Crippen molar-refractivity contribution in [2.45, 2.75) is 69.3 Å². The lowest BCUT2D eigenvalue weighted by atomic mass is 9.97. The summed E-state index contributed by atoms with van der Waals surface area (Å²) < 4.78 is 40.1. The molecule has 7 heteroatoms. The van der Waals surface area contributed by atoms with Crippen molar-refractivity contribution in [2.75, 3.05) is 18.4 Å². The molecule has 1 aromatic carbocycles. The SMILES string of the molecule is CCC1CCc2cc(NS(=O)(=O)c3ccc(C4CCCCO4)cc3)c(OC)nc2CC1. The zero-order chi connectivity index (χ0) is 21.8. The normalized spacial score (nSPS) is 21.7. The number of hydrogen-bond acceptors (Lipinski definition) is 5. The summed E-state index contributed by atoms with van der Waals surface area (Å²) in [5.74, 6) is 1.01. The fourth-order valence-electron chi connectivity index (χ4n) is 4.56. The zero-order valence-electron chi connectivity index (χ0n) is 18.4. The second-order valence-electron chi connectivity index (χ2n) is 8.53. The smallest absolute Gasteiger partial charge is 0.262 e. The van der Waals surface area contributed by atoms with Crippen LogP contribution in [-0.4, -0.2) is 27.1 Å². The number of sulfonamides is 1. The molecule has 1 aliphatic heterocycles. The third-order valence-corrected chi connectivity index (χ3v) is 7.91. The number of aromatic nitrogens is 1. The number of fused-ring (bicyclic) bond motifs is 1. The Morgan fingerprint density at radius 1 is 1.13 bits per heavy atom. The van der Waals surface area contributed by atoms with E-state index in [-0.39, 0.29) is 11.0 Å². The molecule has 0 bridgehead atoms. The lowest BCUT2D eigenvalue weighted by Crippen LogP contribution is -2.16. The average molecular weight is 445 g/mol. The molecular formula is C24H32N2O4S. The molecule has 1 N–H and O–H groups in total. The summed E-state index contributed by atoms with van der Waals surface area (Å²) in [6, 6.07) is 8.89. The number of anilines is 1. The fraction of sp³-hybridized carbons (Fsp3) is 0.542. The van der Waals surface area contributed by atoms with E-state index in [1.165, 1.54) is 7.11 Å². The largest absolute Gasteiger partial charge is 0.479 e. The highest BCUT2D eigenvalue weighted by atomic mass is 32.2. The lowest BCUT2D eigenvalue weighted by Gasteiger charge is -2.23. The Balaban J connectivity index is 1.55. The van der Waals surface area contributed by atoms with Gasteiger partial charge in [-0.2, -0.15) is 0 Å². The van der Waals surface area contributed by atoms with Crippen LogP contribution in [0.2, 0.25) is 0 Å². The van der Waals surface area contributed by atoms with E-state index >= 15 is 0 Å². The van der Waals surface area contributed by atoms with E-state index in [1.807, 2.05) is 18.2 Å². The molecule has 31 heavy (non-hydrogen) atoms. The summed E-state index contributed by atoms with van der Waals surface area (Å²) >= 11 is 0. The van der Waals surface area contributed by atoms with Gasteiger partial charge in [-0.25, -0.2) is 13.4 Å². The fourth-order valence-corrected chi connectivity index (χ4v) is 5.61. The molecule has 1 aliphatic carbocycles. The van der Waals surface area contributed by atoms with Crippen molar-refractivity contribution in [1.29, 1.82) is 0 Å². The first kappa shape index (κ1) is 22.1. The molecule has 2 atom stereocenters. The Labute approximate surface area is 185 Å². The molecule has 1 fully saturated rings. The van der Waals surface area contributed by atoms with Crippen molar-refractivity contribution >= 4 is 15.7 Å². The first-order valence-corrected chi connectivity index (χ1v) is 12.8. The van der Waals surface area contributed by atoms with Crippen LogP contribution >= 0.6 is 0 Å². The quantitative estimate of drug-likeness (QED) is 0.632. The highest BCUT2D eigenvalue weighted by Gasteiger charge is 2.23. The summed E-state index contributed by atoms with van der Waals surface area (Å²) in [5, 5.41) is 0. The highest BCUT2D eigenvalue weighted by molar-refractivity contribution is 7.92. The molecule has 0 radical (unpaired) electrons.